The summed E-state index contributed by atoms with van der Waals surface area (Å²) in [6.07, 6.45) is 3.48. The molecular formula is C22H26N4O2. The van der Waals surface area contributed by atoms with Crippen LogP contribution in [0.4, 0.5) is 5.69 Å². The first kappa shape index (κ1) is 18.5. The van der Waals surface area contributed by atoms with Gasteiger partial charge in [0.1, 0.15) is 6.54 Å². The molecule has 1 N–H and O–H groups in total. The summed E-state index contributed by atoms with van der Waals surface area (Å²) in [5.41, 5.74) is 5.93. The molecule has 0 spiro atoms. The maximum atomic E-state index is 12.6. The fourth-order valence-corrected chi connectivity index (χ4v) is 3.82. The highest BCUT2D eigenvalue weighted by Crippen LogP contribution is 2.37. The molecule has 1 aliphatic rings. The molecule has 1 aromatic carbocycles. The Hall–Kier alpha value is -2.89. The molecule has 6 heteroatoms. The SMILES string of the molecule is Cc1cc(C)cc(NC(=O)Cn2c(C)cc(-c3nnc(C4CCC4)o3)c2C)c1. The van der Waals surface area contributed by atoms with Crippen LogP contribution in [0.15, 0.2) is 28.7 Å². The lowest BCUT2D eigenvalue weighted by Crippen LogP contribution is -2.20. The molecule has 28 heavy (non-hydrogen) atoms. The molecule has 2 aromatic heterocycles. The van der Waals surface area contributed by atoms with Crippen molar-refractivity contribution in [2.45, 2.75) is 59.4 Å². The summed E-state index contributed by atoms with van der Waals surface area (Å²) in [6, 6.07) is 8.06. The molecule has 2 heterocycles. The van der Waals surface area contributed by atoms with Gasteiger partial charge in [-0.15, -0.1) is 10.2 Å². The highest BCUT2D eigenvalue weighted by molar-refractivity contribution is 5.91. The van der Waals surface area contributed by atoms with Gasteiger partial charge < -0.3 is 14.3 Å². The first-order valence-corrected chi connectivity index (χ1v) is 9.79. The maximum absolute atomic E-state index is 12.6. The van der Waals surface area contributed by atoms with Crippen LogP contribution in [0.2, 0.25) is 0 Å². The van der Waals surface area contributed by atoms with Crippen LogP contribution in [0, 0.1) is 27.7 Å². The van der Waals surface area contributed by atoms with Crippen LogP contribution in [-0.2, 0) is 11.3 Å². The van der Waals surface area contributed by atoms with Crippen LogP contribution in [0.5, 0.6) is 0 Å². The average molecular weight is 378 g/mol. The van der Waals surface area contributed by atoms with Crippen molar-refractivity contribution < 1.29 is 9.21 Å². The Bertz CT molecular complexity index is 1010. The zero-order valence-electron chi connectivity index (χ0n) is 16.9. The standard InChI is InChI=1S/C22H26N4O2/c1-13-8-14(2)10-18(9-13)23-20(27)12-26-15(3)11-19(16(26)4)22-25-24-21(28-22)17-6-5-7-17/h8-11,17H,5-7,12H2,1-4H3,(H,23,27). The van der Waals surface area contributed by atoms with Gasteiger partial charge in [-0.1, -0.05) is 12.5 Å². The van der Waals surface area contributed by atoms with Gasteiger partial charge in [0.05, 0.1) is 5.56 Å². The Labute approximate surface area is 165 Å². The minimum atomic E-state index is -0.0564. The summed E-state index contributed by atoms with van der Waals surface area (Å²) in [5.74, 6) is 1.63. The van der Waals surface area contributed by atoms with Crippen molar-refractivity contribution in [3.8, 4) is 11.5 Å². The number of nitrogens with zero attached hydrogens (tertiary/aromatic N) is 3. The number of amides is 1. The van der Waals surface area contributed by atoms with Crippen LogP contribution >= 0.6 is 0 Å². The minimum Gasteiger partial charge on any atom is -0.420 e. The zero-order chi connectivity index (χ0) is 19.8. The van der Waals surface area contributed by atoms with Crippen molar-refractivity contribution in [1.29, 1.82) is 0 Å². The molecule has 6 nitrogen and oxygen atoms in total. The molecule has 1 aliphatic carbocycles. The van der Waals surface area contributed by atoms with Gasteiger partial charge in [0, 0.05) is 23.0 Å². The van der Waals surface area contributed by atoms with Crippen molar-refractivity contribution in [3.05, 3.63) is 52.7 Å². The largest absolute Gasteiger partial charge is 0.420 e. The number of hydrogen-bond donors (Lipinski definition) is 1. The molecule has 4 rings (SSSR count). The fraction of sp³-hybridized carbons (Fsp3) is 0.409. The van der Waals surface area contributed by atoms with Gasteiger partial charge in [0.15, 0.2) is 0 Å². The molecule has 0 radical (unpaired) electrons. The number of anilines is 1. The molecule has 0 saturated heterocycles. The van der Waals surface area contributed by atoms with Crippen molar-refractivity contribution >= 4 is 11.6 Å². The van der Waals surface area contributed by atoms with Gasteiger partial charge in [-0.25, -0.2) is 0 Å². The Balaban J connectivity index is 1.52. The lowest BCUT2D eigenvalue weighted by atomic mass is 9.85. The third-order valence-electron chi connectivity index (χ3n) is 5.51. The lowest BCUT2D eigenvalue weighted by Gasteiger charge is -2.20. The molecule has 146 valence electrons. The number of aryl methyl sites for hydroxylation is 3. The van der Waals surface area contributed by atoms with E-state index < -0.39 is 0 Å². The highest BCUT2D eigenvalue weighted by Gasteiger charge is 2.26. The Kier molecular flexibility index (Phi) is 4.79. The Morgan fingerprint density at radius 2 is 1.82 bits per heavy atom. The van der Waals surface area contributed by atoms with Crippen molar-refractivity contribution in [2.24, 2.45) is 0 Å². The van der Waals surface area contributed by atoms with E-state index in [0.717, 1.165) is 52.5 Å². The van der Waals surface area contributed by atoms with Gasteiger partial charge in [0.2, 0.25) is 17.7 Å². The second-order valence-corrected chi connectivity index (χ2v) is 7.87. The Morgan fingerprint density at radius 3 is 2.46 bits per heavy atom. The topological polar surface area (TPSA) is 73.0 Å². The zero-order valence-corrected chi connectivity index (χ0v) is 16.9. The van der Waals surface area contributed by atoms with Crippen molar-refractivity contribution in [2.75, 3.05) is 5.32 Å². The quantitative estimate of drug-likeness (QED) is 0.700. The number of rotatable bonds is 5. The second-order valence-electron chi connectivity index (χ2n) is 7.87. The summed E-state index contributed by atoms with van der Waals surface area (Å²) in [4.78, 5) is 12.6. The van der Waals surface area contributed by atoms with E-state index in [1.165, 1.54) is 6.42 Å². The summed E-state index contributed by atoms with van der Waals surface area (Å²) in [7, 11) is 0. The van der Waals surface area contributed by atoms with E-state index in [9.17, 15) is 4.79 Å². The fourth-order valence-electron chi connectivity index (χ4n) is 3.82. The predicted molar refractivity (Wildman–Crippen MR) is 108 cm³/mol. The van der Waals surface area contributed by atoms with E-state index >= 15 is 0 Å². The van der Waals surface area contributed by atoms with Gasteiger partial charge in [-0.3, -0.25) is 4.79 Å². The number of benzene rings is 1. The summed E-state index contributed by atoms with van der Waals surface area (Å²) >= 11 is 0. The normalized spacial score (nSPS) is 14.1. The smallest absolute Gasteiger partial charge is 0.249 e. The minimum absolute atomic E-state index is 0.0564. The highest BCUT2D eigenvalue weighted by atomic mass is 16.4. The number of aromatic nitrogens is 3. The lowest BCUT2D eigenvalue weighted by molar-refractivity contribution is -0.116. The Morgan fingerprint density at radius 1 is 1.11 bits per heavy atom. The van der Waals surface area contributed by atoms with E-state index in [2.05, 4.69) is 21.6 Å². The van der Waals surface area contributed by atoms with E-state index in [-0.39, 0.29) is 12.5 Å². The van der Waals surface area contributed by atoms with Gasteiger partial charge in [-0.2, -0.15) is 0 Å². The predicted octanol–water partition coefficient (Wildman–Crippen LogP) is 4.68. The van der Waals surface area contributed by atoms with E-state index in [1.54, 1.807) is 0 Å². The van der Waals surface area contributed by atoms with Crippen LogP contribution in [0.1, 0.15) is 53.6 Å². The van der Waals surface area contributed by atoms with Crippen molar-refractivity contribution in [3.63, 3.8) is 0 Å². The molecule has 0 aliphatic heterocycles. The van der Waals surface area contributed by atoms with E-state index in [0.29, 0.717) is 11.8 Å². The number of carbonyl (C=O) groups excluding carboxylic acids is 1. The summed E-state index contributed by atoms with van der Waals surface area (Å²) < 4.78 is 7.90. The van der Waals surface area contributed by atoms with Crippen molar-refractivity contribution in [1.82, 2.24) is 14.8 Å². The number of nitrogens with one attached hydrogen (secondary N) is 1. The molecule has 0 atom stereocenters. The molecule has 0 bridgehead atoms. The third kappa shape index (κ3) is 3.59. The first-order valence-electron chi connectivity index (χ1n) is 9.79. The second kappa shape index (κ2) is 7.26. The molecule has 1 amide bonds. The maximum Gasteiger partial charge on any atom is 0.249 e. The average Bonchev–Trinajstić information content (AvgIpc) is 3.12. The van der Waals surface area contributed by atoms with Gasteiger partial charge in [0.25, 0.3) is 0 Å². The van der Waals surface area contributed by atoms with Crippen LogP contribution in [-0.4, -0.2) is 20.7 Å². The summed E-state index contributed by atoms with van der Waals surface area (Å²) in [6.45, 7) is 8.27. The van der Waals surface area contributed by atoms with E-state index in [1.807, 2.05) is 50.5 Å². The van der Waals surface area contributed by atoms with E-state index in [4.69, 9.17) is 4.42 Å². The van der Waals surface area contributed by atoms with Gasteiger partial charge >= 0.3 is 0 Å². The molecule has 3 aromatic rings. The number of carbonyl (C=O) groups is 1. The molecule has 1 saturated carbocycles. The molecule has 0 unspecified atom stereocenters. The number of hydrogen-bond acceptors (Lipinski definition) is 4. The van der Waals surface area contributed by atoms with Gasteiger partial charge in [-0.05, 0) is 69.9 Å². The monoisotopic (exact) mass is 378 g/mol. The molecular weight excluding hydrogens is 352 g/mol. The van der Waals surface area contributed by atoms with Crippen LogP contribution < -0.4 is 5.32 Å². The van der Waals surface area contributed by atoms with Crippen LogP contribution in [0.3, 0.4) is 0 Å². The first-order chi connectivity index (χ1) is 13.4. The summed E-state index contributed by atoms with van der Waals surface area (Å²) in [5, 5.41) is 11.5. The van der Waals surface area contributed by atoms with Crippen LogP contribution in [0.25, 0.3) is 11.5 Å². The third-order valence-corrected chi connectivity index (χ3v) is 5.51. The molecule has 1 fully saturated rings.